The molecule has 0 saturated carbocycles. The second-order valence-electron chi connectivity index (χ2n) is 8.08. The van der Waals surface area contributed by atoms with Gasteiger partial charge in [-0.3, -0.25) is 4.79 Å². The van der Waals surface area contributed by atoms with E-state index >= 15 is 0 Å². The highest BCUT2D eigenvalue weighted by Crippen LogP contribution is 2.56. The number of esters is 1. The molecule has 0 heterocycles. The van der Waals surface area contributed by atoms with Crippen molar-refractivity contribution in [1.82, 2.24) is 0 Å². The third-order valence-electron chi connectivity index (χ3n) is 4.44. The number of diazo groups is 2. The Kier molecular flexibility index (Phi) is 4.66. The Balaban J connectivity index is 4.17. The van der Waals surface area contributed by atoms with E-state index in [1.807, 2.05) is 0 Å². The number of ether oxygens (including phenoxy) is 1. The molecule has 0 fully saturated rings. The Labute approximate surface area is 145 Å². The average molecular weight is 352 g/mol. The molecule has 1 aliphatic rings. The van der Waals surface area contributed by atoms with Crippen LogP contribution in [-0.2, 0) is 9.53 Å². The lowest BCUT2D eigenvalue weighted by molar-refractivity contribution is -0.165. The van der Waals surface area contributed by atoms with Gasteiger partial charge in [-0.05, 0) is 0 Å². The summed E-state index contributed by atoms with van der Waals surface area (Å²) in [7, 11) is 0. The van der Waals surface area contributed by atoms with Crippen molar-refractivity contribution in [3.05, 3.63) is 32.9 Å². The molecule has 9 nitrogen and oxygen atoms in total. The first-order valence-corrected chi connectivity index (χ1v) is 7.63. The van der Waals surface area contributed by atoms with Gasteiger partial charge < -0.3 is 20.1 Å². The molecule has 2 unspecified atom stereocenters. The van der Waals surface area contributed by atoms with Gasteiger partial charge in [0, 0.05) is 17.8 Å². The van der Waals surface area contributed by atoms with Gasteiger partial charge in [-0.15, -0.1) is 0 Å². The van der Waals surface area contributed by atoms with Crippen LogP contribution in [0.4, 0.5) is 0 Å². The SMILES string of the molecule is CC(=O)OC1(C(C)(C)C)C(O)=C([N+]#N)C(O)(C(C)(C)C)C(O)=C1[N+]#N. The average Bonchev–Trinajstić information content (AvgIpc) is 2.42. The number of carbonyl (C=O) groups excluding carboxylic acids is 1. The number of nitrogens with zero attached hydrogens (tertiary/aromatic N) is 4. The number of hydrogen-bond acceptors (Lipinski definition) is 7. The second kappa shape index (κ2) is 5.71. The van der Waals surface area contributed by atoms with Gasteiger partial charge in [-0.25, -0.2) is 0 Å². The Morgan fingerprint density at radius 1 is 0.960 bits per heavy atom. The van der Waals surface area contributed by atoms with E-state index in [1.165, 1.54) is 20.8 Å². The van der Waals surface area contributed by atoms with Crippen LogP contribution in [0.3, 0.4) is 0 Å². The van der Waals surface area contributed by atoms with Crippen LogP contribution in [-0.4, -0.2) is 32.5 Å². The van der Waals surface area contributed by atoms with Gasteiger partial charge in [0.25, 0.3) is 5.60 Å². The summed E-state index contributed by atoms with van der Waals surface area (Å²) in [5.74, 6) is -2.60. The van der Waals surface area contributed by atoms with Crippen molar-refractivity contribution < 1.29 is 24.9 Å². The molecule has 3 N–H and O–H groups in total. The highest BCUT2D eigenvalue weighted by molar-refractivity contribution is 5.69. The number of rotatable bonds is 1. The van der Waals surface area contributed by atoms with E-state index in [2.05, 4.69) is 9.95 Å². The van der Waals surface area contributed by atoms with Crippen molar-refractivity contribution >= 4 is 5.97 Å². The van der Waals surface area contributed by atoms with Gasteiger partial charge in [0.1, 0.15) is 0 Å². The molecular formula is C16H24N4O5+2. The summed E-state index contributed by atoms with van der Waals surface area (Å²) in [5, 5.41) is 51.6. The summed E-state index contributed by atoms with van der Waals surface area (Å²) in [5.41, 5.74) is -8.30. The fourth-order valence-corrected chi connectivity index (χ4v) is 3.02. The molecule has 136 valence electrons. The Morgan fingerprint density at radius 2 is 1.40 bits per heavy atom. The van der Waals surface area contributed by atoms with E-state index in [4.69, 9.17) is 4.74 Å². The summed E-state index contributed by atoms with van der Waals surface area (Å²) in [4.78, 5) is 17.7. The zero-order valence-corrected chi connectivity index (χ0v) is 15.4. The predicted octanol–water partition coefficient (Wildman–Crippen LogP) is 3.37. The Hall–Kier alpha value is -2.65. The lowest BCUT2D eigenvalue weighted by atomic mass is 9.62. The predicted molar refractivity (Wildman–Crippen MR) is 87.8 cm³/mol. The van der Waals surface area contributed by atoms with E-state index in [-0.39, 0.29) is 0 Å². The third kappa shape index (κ3) is 2.52. The van der Waals surface area contributed by atoms with Crippen LogP contribution in [0, 0.1) is 21.6 Å². The molecule has 0 aliphatic heterocycles. The zero-order chi connectivity index (χ0) is 20.0. The van der Waals surface area contributed by atoms with Crippen LogP contribution in [0.15, 0.2) is 22.9 Å². The largest absolute Gasteiger partial charge is 0.503 e. The van der Waals surface area contributed by atoms with Crippen LogP contribution >= 0.6 is 0 Å². The maximum absolute atomic E-state index is 11.7. The van der Waals surface area contributed by atoms with Gasteiger partial charge in [-0.2, -0.15) is 0 Å². The molecule has 1 rings (SSSR count). The summed E-state index contributed by atoms with van der Waals surface area (Å²) in [6, 6.07) is 0. The summed E-state index contributed by atoms with van der Waals surface area (Å²) < 4.78 is 5.27. The lowest BCUT2D eigenvalue weighted by Crippen LogP contribution is -2.58. The first kappa shape index (κ1) is 20.4. The van der Waals surface area contributed by atoms with Gasteiger partial charge in [0.05, 0.1) is 0 Å². The smallest absolute Gasteiger partial charge is 0.453 e. The van der Waals surface area contributed by atoms with Gasteiger partial charge in [0.2, 0.25) is 27.9 Å². The van der Waals surface area contributed by atoms with Crippen molar-refractivity contribution in [3.8, 4) is 0 Å². The lowest BCUT2D eigenvalue weighted by Gasteiger charge is -2.42. The van der Waals surface area contributed by atoms with Crippen LogP contribution < -0.4 is 0 Å². The highest BCUT2D eigenvalue weighted by Gasteiger charge is 2.75. The Morgan fingerprint density at radius 3 is 1.68 bits per heavy atom. The second-order valence-corrected chi connectivity index (χ2v) is 8.08. The third-order valence-corrected chi connectivity index (χ3v) is 4.44. The van der Waals surface area contributed by atoms with Gasteiger partial charge in [0.15, 0.2) is 9.95 Å². The maximum atomic E-state index is 11.7. The normalized spacial score (nSPS) is 27.6. The molecular weight excluding hydrogens is 328 g/mol. The number of hydrogen-bond donors (Lipinski definition) is 3. The van der Waals surface area contributed by atoms with Crippen molar-refractivity contribution in [2.75, 3.05) is 0 Å². The minimum absolute atomic E-state index is 0.655. The van der Waals surface area contributed by atoms with Crippen LogP contribution in [0.2, 0.25) is 0 Å². The fraction of sp³-hybridized carbons (Fsp3) is 0.688. The minimum Gasteiger partial charge on any atom is -0.503 e. The fourth-order valence-electron chi connectivity index (χ4n) is 3.02. The topological polar surface area (TPSA) is 143 Å². The summed E-state index contributed by atoms with van der Waals surface area (Å²) in [6.07, 6.45) is 0. The zero-order valence-electron chi connectivity index (χ0n) is 15.4. The molecule has 25 heavy (non-hydrogen) atoms. The maximum Gasteiger partial charge on any atom is 0.453 e. The van der Waals surface area contributed by atoms with Crippen LogP contribution in [0.5, 0.6) is 0 Å². The van der Waals surface area contributed by atoms with Crippen LogP contribution in [0.25, 0.3) is 9.95 Å². The molecule has 0 amide bonds. The van der Waals surface area contributed by atoms with E-state index in [0.717, 1.165) is 6.92 Å². The summed E-state index contributed by atoms with van der Waals surface area (Å²) >= 11 is 0. The number of aliphatic hydroxyl groups is 3. The highest BCUT2D eigenvalue weighted by atomic mass is 16.6. The van der Waals surface area contributed by atoms with Crippen molar-refractivity contribution in [2.45, 2.75) is 59.7 Å². The molecule has 0 aromatic rings. The van der Waals surface area contributed by atoms with Crippen molar-refractivity contribution in [2.24, 2.45) is 10.8 Å². The minimum atomic E-state index is -2.40. The van der Waals surface area contributed by atoms with E-state index in [0.29, 0.717) is 0 Å². The molecule has 0 spiro atoms. The molecule has 0 aromatic heterocycles. The molecule has 0 radical (unpaired) electrons. The monoisotopic (exact) mass is 352 g/mol. The Bertz CT molecular complexity index is 757. The van der Waals surface area contributed by atoms with Crippen molar-refractivity contribution in [3.63, 3.8) is 0 Å². The first-order valence-electron chi connectivity index (χ1n) is 7.63. The molecule has 2 atom stereocenters. The van der Waals surface area contributed by atoms with E-state index < -0.39 is 50.9 Å². The number of aliphatic hydroxyl groups excluding tert-OH is 2. The molecule has 0 aromatic carbocycles. The molecule has 0 bridgehead atoms. The number of carbonyl (C=O) groups is 1. The standard InChI is InChI=1S/C16H22N4O5/c1-8(21)25-16(14(5,6)7)10(20-18)11(22)15(24,13(2,3)4)9(19-17)12(16)23/h24H,1-7H3/p+2. The molecule has 0 saturated heterocycles. The quantitative estimate of drug-likeness (QED) is 0.485. The first-order chi connectivity index (χ1) is 11.1. The van der Waals surface area contributed by atoms with Gasteiger partial charge >= 0.3 is 17.4 Å². The van der Waals surface area contributed by atoms with E-state index in [9.17, 15) is 30.9 Å². The van der Waals surface area contributed by atoms with Gasteiger partial charge in [-0.1, -0.05) is 41.5 Å². The summed E-state index contributed by atoms with van der Waals surface area (Å²) in [6.45, 7) is 10.2. The van der Waals surface area contributed by atoms with E-state index in [1.54, 1.807) is 20.8 Å². The molecule has 9 heteroatoms. The molecule has 1 aliphatic carbocycles. The van der Waals surface area contributed by atoms with Crippen molar-refractivity contribution in [1.29, 1.82) is 10.8 Å². The van der Waals surface area contributed by atoms with Crippen LogP contribution in [0.1, 0.15) is 48.5 Å².